The van der Waals surface area contributed by atoms with E-state index < -0.39 is 0 Å². The third kappa shape index (κ3) is 3.72. The Labute approximate surface area is 179 Å². The molecule has 1 N–H and O–H groups in total. The molecule has 3 nitrogen and oxygen atoms in total. The molecule has 1 aliphatic heterocycles. The van der Waals surface area contributed by atoms with E-state index in [2.05, 4.69) is 81.5 Å². The largest absolute Gasteiger partial charge is 0.360 e. The Kier molecular flexibility index (Phi) is 5.63. The van der Waals surface area contributed by atoms with E-state index in [9.17, 15) is 4.79 Å². The molecular formula is C27H30N2O. The van der Waals surface area contributed by atoms with Crippen LogP contribution in [0.4, 0.5) is 11.4 Å². The molecule has 1 aliphatic rings. The molecule has 0 radical (unpaired) electrons. The van der Waals surface area contributed by atoms with E-state index in [1.807, 2.05) is 29.2 Å². The van der Waals surface area contributed by atoms with Gasteiger partial charge in [0.15, 0.2) is 0 Å². The number of para-hydroxylation sites is 1. The molecular weight excluding hydrogens is 368 g/mol. The lowest BCUT2D eigenvalue weighted by Crippen LogP contribution is -2.43. The number of nitrogens with one attached hydrogen (secondary N) is 1. The van der Waals surface area contributed by atoms with Gasteiger partial charge in [-0.3, -0.25) is 9.69 Å². The first-order valence-electron chi connectivity index (χ1n) is 10.9. The summed E-state index contributed by atoms with van der Waals surface area (Å²) in [6.07, 6.45) is 0.852. The summed E-state index contributed by atoms with van der Waals surface area (Å²) in [6, 6.07) is 24.8. The quantitative estimate of drug-likeness (QED) is 0.497. The average Bonchev–Trinajstić information content (AvgIpc) is 2.78. The molecule has 3 aromatic rings. The first-order valence-corrected chi connectivity index (χ1v) is 10.9. The summed E-state index contributed by atoms with van der Waals surface area (Å²) in [5, 5.41) is 3.59. The molecule has 4 rings (SSSR count). The fourth-order valence-electron chi connectivity index (χ4n) is 4.02. The minimum Gasteiger partial charge on any atom is -0.360 e. The Morgan fingerprint density at radius 3 is 2.13 bits per heavy atom. The summed E-state index contributed by atoms with van der Waals surface area (Å²) in [7, 11) is 0. The van der Waals surface area contributed by atoms with E-state index in [0.29, 0.717) is 17.4 Å². The van der Waals surface area contributed by atoms with Gasteiger partial charge in [-0.25, -0.2) is 0 Å². The van der Waals surface area contributed by atoms with Crippen LogP contribution in [0, 0.1) is 0 Å². The average molecular weight is 399 g/mol. The predicted molar refractivity (Wildman–Crippen MR) is 125 cm³/mol. The van der Waals surface area contributed by atoms with Crippen LogP contribution in [0.2, 0.25) is 0 Å². The smallest absolute Gasteiger partial charge is 0.262 e. The number of hydrogen-bond acceptors (Lipinski definition) is 2. The minimum absolute atomic E-state index is 0.0265. The van der Waals surface area contributed by atoms with Crippen molar-refractivity contribution >= 4 is 17.3 Å². The Balaban J connectivity index is 1.76. The van der Waals surface area contributed by atoms with Crippen LogP contribution in [0.3, 0.4) is 0 Å². The summed E-state index contributed by atoms with van der Waals surface area (Å²) in [5.41, 5.74) is 6.18. The maximum absolute atomic E-state index is 13.5. The molecule has 0 saturated heterocycles. The lowest BCUT2D eigenvalue weighted by atomic mass is 9.96. The van der Waals surface area contributed by atoms with Gasteiger partial charge in [0.25, 0.3) is 5.91 Å². The van der Waals surface area contributed by atoms with E-state index in [-0.39, 0.29) is 12.1 Å². The van der Waals surface area contributed by atoms with E-state index in [1.165, 1.54) is 11.1 Å². The Bertz CT molecular complexity index is 1020. The van der Waals surface area contributed by atoms with Gasteiger partial charge in [0.2, 0.25) is 0 Å². The molecule has 0 fully saturated rings. The van der Waals surface area contributed by atoms with Crippen molar-refractivity contribution < 1.29 is 4.79 Å². The van der Waals surface area contributed by atoms with Crippen molar-refractivity contribution in [1.29, 1.82) is 0 Å². The van der Waals surface area contributed by atoms with Gasteiger partial charge in [0, 0.05) is 11.4 Å². The highest BCUT2D eigenvalue weighted by Gasteiger charge is 2.34. The van der Waals surface area contributed by atoms with Crippen molar-refractivity contribution in [2.75, 3.05) is 10.2 Å². The number of anilines is 2. The van der Waals surface area contributed by atoms with Crippen LogP contribution >= 0.6 is 0 Å². The maximum atomic E-state index is 13.5. The topological polar surface area (TPSA) is 32.3 Å². The number of carbonyl (C=O) groups is 1. The van der Waals surface area contributed by atoms with Crippen molar-refractivity contribution in [3.05, 3.63) is 95.1 Å². The number of amides is 1. The molecule has 0 spiro atoms. The number of carbonyl (C=O) groups excluding carboxylic acids is 1. The van der Waals surface area contributed by atoms with E-state index >= 15 is 0 Å². The lowest BCUT2D eigenvalue weighted by molar-refractivity contribution is 0.0975. The first-order chi connectivity index (χ1) is 14.5. The third-order valence-corrected chi connectivity index (χ3v) is 6.20. The number of fused-ring (bicyclic) bond motifs is 1. The highest BCUT2D eigenvalue weighted by molar-refractivity contribution is 6.12. The SMILES string of the molecule is CC[C@@H](C)c1ccc(N2C(=O)c3ccccc3N[C@H]2c2ccc(C(C)C)cc2)cc1. The molecule has 1 heterocycles. The molecule has 0 unspecified atom stereocenters. The van der Waals surface area contributed by atoms with Gasteiger partial charge in [-0.05, 0) is 59.2 Å². The zero-order chi connectivity index (χ0) is 21.3. The van der Waals surface area contributed by atoms with Crippen molar-refractivity contribution in [2.24, 2.45) is 0 Å². The molecule has 0 aliphatic carbocycles. The molecule has 0 bridgehead atoms. The van der Waals surface area contributed by atoms with Crippen molar-refractivity contribution in [1.82, 2.24) is 0 Å². The zero-order valence-corrected chi connectivity index (χ0v) is 18.2. The van der Waals surface area contributed by atoms with Gasteiger partial charge in [-0.1, -0.05) is 76.2 Å². The second kappa shape index (κ2) is 8.35. The monoisotopic (exact) mass is 398 g/mol. The lowest BCUT2D eigenvalue weighted by Gasteiger charge is -2.38. The number of hydrogen-bond donors (Lipinski definition) is 1. The molecule has 154 valence electrons. The number of rotatable bonds is 5. The molecule has 30 heavy (non-hydrogen) atoms. The standard InChI is InChI=1S/C27H30N2O/c1-5-19(4)21-14-16-23(17-15-21)29-26(22-12-10-20(11-13-22)18(2)3)28-25-9-7-6-8-24(25)27(29)30/h6-19,26,28H,5H2,1-4H3/t19-,26-/m1/s1. The highest BCUT2D eigenvalue weighted by atomic mass is 16.2. The van der Waals surface area contributed by atoms with E-state index in [1.54, 1.807) is 0 Å². The van der Waals surface area contributed by atoms with Gasteiger partial charge in [-0.15, -0.1) is 0 Å². The summed E-state index contributed by atoms with van der Waals surface area (Å²) < 4.78 is 0. The Morgan fingerprint density at radius 1 is 0.867 bits per heavy atom. The molecule has 3 aromatic carbocycles. The van der Waals surface area contributed by atoms with Crippen LogP contribution in [-0.2, 0) is 0 Å². The Morgan fingerprint density at radius 2 is 1.50 bits per heavy atom. The number of benzene rings is 3. The van der Waals surface area contributed by atoms with Gasteiger partial charge >= 0.3 is 0 Å². The third-order valence-electron chi connectivity index (χ3n) is 6.20. The van der Waals surface area contributed by atoms with Gasteiger partial charge < -0.3 is 5.32 Å². The Hall–Kier alpha value is -3.07. The fourth-order valence-corrected chi connectivity index (χ4v) is 4.02. The van der Waals surface area contributed by atoms with Gasteiger partial charge in [0.05, 0.1) is 5.56 Å². The number of nitrogens with zero attached hydrogens (tertiary/aromatic N) is 1. The van der Waals surface area contributed by atoms with Gasteiger partial charge in [-0.2, -0.15) is 0 Å². The van der Waals surface area contributed by atoms with Gasteiger partial charge in [0.1, 0.15) is 6.17 Å². The predicted octanol–water partition coefficient (Wildman–Crippen LogP) is 7.09. The van der Waals surface area contributed by atoms with Crippen LogP contribution < -0.4 is 10.2 Å². The second-order valence-corrected chi connectivity index (χ2v) is 8.49. The van der Waals surface area contributed by atoms with E-state index in [0.717, 1.165) is 23.4 Å². The van der Waals surface area contributed by atoms with Crippen molar-refractivity contribution in [2.45, 2.75) is 52.1 Å². The highest BCUT2D eigenvalue weighted by Crippen LogP contribution is 2.37. The zero-order valence-electron chi connectivity index (χ0n) is 18.2. The van der Waals surface area contributed by atoms with E-state index in [4.69, 9.17) is 0 Å². The summed E-state index contributed by atoms with van der Waals surface area (Å²) in [4.78, 5) is 15.4. The first kappa shape index (κ1) is 20.2. The molecule has 0 aromatic heterocycles. The molecule has 2 atom stereocenters. The van der Waals surface area contributed by atoms with Crippen LogP contribution in [0.5, 0.6) is 0 Å². The summed E-state index contributed by atoms with van der Waals surface area (Å²) in [6.45, 7) is 8.82. The molecule has 0 saturated carbocycles. The second-order valence-electron chi connectivity index (χ2n) is 8.49. The fraction of sp³-hybridized carbons (Fsp3) is 0.296. The van der Waals surface area contributed by atoms with Crippen molar-refractivity contribution in [3.8, 4) is 0 Å². The van der Waals surface area contributed by atoms with Crippen molar-refractivity contribution in [3.63, 3.8) is 0 Å². The minimum atomic E-state index is -0.247. The van der Waals surface area contributed by atoms with Crippen LogP contribution in [0.1, 0.15) is 79.2 Å². The molecule has 3 heteroatoms. The van der Waals surface area contributed by atoms with Crippen LogP contribution in [-0.4, -0.2) is 5.91 Å². The molecule has 1 amide bonds. The van der Waals surface area contributed by atoms with Crippen LogP contribution in [0.15, 0.2) is 72.8 Å². The van der Waals surface area contributed by atoms with Crippen LogP contribution in [0.25, 0.3) is 0 Å². The maximum Gasteiger partial charge on any atom is 0.262 e. The summed E-state index contributed by atoms with van der Waals surface area (Å²) >= 11 is 0. The summed E-state index contributed by atoms with van der Waals surface area (Å²) in [5.74, 6) is 1.01. The normalized spacial score (nSPS) is 16.9.